The van der Waals surface area contributed by atoms with Crippen LogP contribution in [0.4, 0.5) is 4.39 Å². The van der Waals surface area contributed by atoms with Crippen LogP contribution in [-0.2, 0) is 10.3 Å². The molecule has 2 heterocycles. The molecule has 4 rings (SSSR count). The summed E-state index contributed by atoms with van der Waals surface area (Å²) in [5, 5.41) is 3.91. The third kappa shape index (κ3) is 3.29. The molecule has 1 spiro atoms. The Labute approximate surface area is 155 Å². The molecule has 138 valence electrons. The monoisotopic (exact) mass is 354 g/mol. The second kappa shape index (κ2) is 6.76. The molecule has 0 unspecified atom stereocenters. The van der Waals surface area contributed by atoms with Crippen molar-refractivity contribution in [2.24, 2.45) is 0 Å². The van der Waals surface area contributed by atoms with Crippen LogP contribution in [0.5, 0.6) is 0 Å². The van der Waals surface area contributed by atoms with Gasteiger partial charge in [-0.25, -0.2) is 4.39 Å². The lowest BCUT2D eigenvalue weighted by Crippen LogP contribution is -2.50. The molecule has 4 heteroatoms. The maximum Gasteiger partial charge on any atom is 0.131 e. The van der Waals surface area contributed by atoms with Gasteiger partial charge in [0.1, 0.15) is 5.82 Å². The molecule has 0 aromatic heterocycles. The summed E-state index contributed by atoms with van der Waals surface area (Å²) in [6, 6.07) is 15.3. The first-order valence-electron chi connectivity index (χ1n) is 9.41. The largest absolute Gasteiger partial charge is 0.364 e. The lowest BCUT2D eigenvalue weighted by atomic mass is 9.88. The van der Waals surface area contributed by atoms with Crippen molar-refractivity contribution in [2.75, 3.05) is 26.9 Å². The summed E-state index contributed by atoms with van der Waals surface area (Å²) in [6.07, 6.45) is 3.24. The number of ether oxygens (including phenoxy) is 1. The van der Waals surface area contributed by atoms with Crippen molar-refractivity contribution < 1.29 is 9.13 Å². The highest BCUT2D eigenvalue weighted by Gasteiger charge is 2.46. The lowest BCUT2D eigenvalue weighted by Gasteiger charge is -2.33. The maximum absolute atomic E-state index is 14.2. The van der Waals surface area contributed by atoms with Crippen LogP contribution >= 0.6 is 0 Å². The van der Waals surface area contributed by atoms with E-state index in [4.69, 9.17) is 4.74 Å². The second-order valence-electron chi connectivity index (χ2n) is 8.11. The molecule has 3 nitrogen and oxygen atoms in total. The average molecular weight is 354 g/mol. The van der Waals surface area contributed by atoms with E-state index < -0.39 is 0 Å². The molecule has 2 atom stereocenters. The minimum atomic E-state index is -0.175. The van der Waals surface area contributed by atoms with E-state index in [1.807, 2.05) is 24.3 Å². The van der Waals surface area contributed by atoms with Crippen LogP contribution in [0.3, 0.4) is 0 Å². The van der Waals surface area contributed by atoms with E-state index in [-0.39, 0.29) is 16.9 Å². The van der Waals surface area contributed by atoms with E-state index in [0.717, 1.165) is 38.0 Å². The van der Waals surface area contributed by atoms with Crippen LogP contribution < -0.4 is 5.32 Å². The molecule has 2 aliphatic rings. The van der Waals surface area contributed by atoms with E-state index in [1.165, 1.54) is 11.6 Å². The van der Waals surface area contributed by atoms with Gasteiger partial charge in [-0.05, 0) is 56.5 Å². The molecule has 0 aliphatic carbocycles. The Hall–Kier alpha value is -1.75. The van der Waals surface area contributed by atoms with Crippen molar-refractivity contribution in [3.63, 3.8) is 0 Å². The van der Waals surface area contributed by atoms with Gasteiger partial charge < -0.3 is 4.74 Å². The van der Waals surface area contributed by atoms with Gasteiger partial charge >= 0.3 is 0 Å². The molecule has 2 aromatic carbocycles. The normalized spacial score (nSPS) is 29.8. The highest BCUT2D eigenvalue weighted by molar-refractivity contribution is 5.65. The summed E-state index contributed by atoms with van der Waals surface area (Å²) in [5.74, 6) is -0.175. The maximum atomic E-state index is 14.2. The van der Waals surface area contributed by atoms with Gasteiger partial charge in [0.15, 0.2) is 0 Å². The minimum Gasteiger partial charge on any atom is -0.364 e. The number of nitrogens with zero attached hydrogens (tertiary/aromatic N) is 1. The molecular weight excluding hydrogens is 327 g/mol. The van der Waals surface area contributed by atoms with Crippen molar-refractivity contribution in [3.8, 4) is 11.1 Å². The average Bonchev–Trinajstić information content (AvgIpc) is 2.88. The van der Waals surface area contributed by atoms with Crippen molar-refractivity contribution in [1.29, 1.82) is 0 Å². The smallest absolute Gasteiger partial charge is 0.131 e. The Kier molecular flexibility index (Phi) is 4.59. The number of halogens is 1. The van der Waals surface area contributed by atoms with Gasteiger partial charge in [0.2, 0.25) is 0 Å². The number of benzene rings is 2. The fourth-order valence-electron chi connectivity index (χ4n) is 4.38. The molecule has 2 fully saturated rings. The first-order chi connectivity index (χ1) is 12.5. The Morgan fingerprint density at radius 2 is 1.92 bits per heavy atom. The number of hydrogen-bond donors (Lipinski definition) is 1. The molecule has 2 aliphatic heterocycles. The molecule has 26 heavy (non-hydrogen) atoms. The topological polar surface area (TPSA) is 24.5 Å². The summed E-state index contributed by atoms with van der Waals surface area (Å²) in [4.78, 5) is 2.23. The van der Waals surface area contributed by atoms with E-state index in [0.29, 0.717) is 12.3 Å². The van der Waals surface area contributed by atoms with Gasteiger partial charge in [-0.1, -0.05) is 36.4 Å². The number of rotatable bonds is 2. The van der Waals surface area contributed by atoms with Crippen molar-refractivity contribution in [2.45, 2.75) is 37.3 Å². The predicted molar refractivity (Wildman–Crippen MR) is 102 cm³/mol. The van der Waals surface area contributed by atoms with Crippen LogP contribution in [0.25, 0.3) is 11.1 Å². The van der Waals surface area contributed by atoms with Crippen LogP contribution in [-0.4, -0.2) is 37.4 Å². The van der Waals surface area contributed by atoms with Gasteiger partial charge in [-0.3, -0.25) is 10.2 Å². The highest BCUT2D eigenvalue weighted by atomic mass is 19.1. The first-order valence-corrected chi connectivity index (χ1v) is 9.41. The Morgan fingerprint density at radius 1 is 1.08 bits per heavy atom. The van der Waals surface area contributed by atoms with E-state index >= 15 is 0 Å². The third-order valence-electron chi connectivity index (χ3n) is 5.99. The molecule has 2 saturated heterocycles. The predicted octanol–water partition coefficient (Wildman–Crippen LogP) is 4.14. The highest BCUT2D eigenvalue weighted by Crippen LogP contribution is 2.41. The van der Waals surface area contributed by atoms with E-state index in [1.54, 1.807) is 6.07 Å². The quantitative estimate of drug-likeness (QED) is 0.877. The summed E-state index contributed by atoms with van der Waals surface area (Å²) >= 11 is 0. The lowest BCUT2D eigenvalue weighted by molar-refractivity contribution is 0.0399. The van der Waals surface area contributed by atoms with Crippen LogP contribution in [0.2, 0.25) is 0 Å². The fourth-order valence-corrected chi connectivity index (χ4v) is 4.38. The third-order valence-corrected chi connectivity index (χ3v) is 5.99. The zero-order chi connectivity index (χ0) is 18.2. The van der Waals surface area contributed by atoms with Gasteiger partial charge in [-0.15, -0.1) is 0 Å². The van der Waals surface area contributed by atoms with Crippen LogP contribution in [0, 0.1) is 5.82 Å². The Balaban J connectivity index is 1.62. The van der Waals surface area contributed by atoms with Gasteiger partial charge in [-0.2, -0.15) is 0 Å². The summed E-state index contributed by atoms with van der Waals surface area (Å²) in [6.45, 7) is 4.75. The summed E-state index contributed by atoms with van der Waals surface area (Å²) < 4.78 is 20.1. The molecule has 0 bridgehead atoms. The minimum absolute atomic E-state index is 0.0352. The van der Waals surface area contributed by atoms with Gasteiger partial charge in [0.25, 0.3) is 0 Å². The van der Waals surface area contributed by atoms with Gasteiger partial charge in [0.05, 0.1) is 13.3 Å². The standard InChI is InChI=1S/C22H27FN2O/c1-21(10-11-22(24-21)12-13-25(2)16-26-15-22)18-7-5-6-17(14-18)19-8-3-4-9-20(19)23/h3-9,14,24H,10-13,15-16H2,1-2H3/t21-,22-/m0/s1. The fraction of sp³-hybridized carbons (Fsp3) is 0.455. The summed E-state index contributed by atoms with van der Waals surface area (Å²) in [5.41, 5.74) is 2.72. The molecule has 0 radical (unpaired) electrons. The Morgan fingerprint density at radius 3 is 2.77 bits per heavy atom. The van der Waals surface area contributed by atoms with Gasteiger partial charge in [0, 0.05) is 23.2 Å². The van der Waals surface area contributed by atoms with E-state index in [9.17, 15) is 4.39 Å². The molecular formula is C22H27FN2O. The SMILES string of the molecule is CN1CC[C@@]2(CC[C@@](C)(c3cccc(-c4ccccc4F)c3)N2)COC1. The zero-order valence-electron chi connectivity index (χ0n) is 15.6. The number of hydrogen-bond acceptors (Lipinski definition) is 3. The van der Waals surface area contributed by atoms with Crippen LogP contribution in [0.1, 0.15) is 31.7 Å². The summed E-state index contributed by atoms with van der Waals surface area (Å²) in [7, 11) is 2.10. The molecule has 0 amide bonds. The zero-order valence-corrected chi connectivity index (χ0v) is 15.6. The van der Waals surface area contributed by atoms with Crippen LogP contribution in [0.15, 0.2) is 48.5 Å². The van der Waals surface area contributed by atoms with Crippen molar-refractivity contribution >= 4 is 0 Å². The van der Waals surface area contributed by atoms with Crippen molar-refractivity contribution in [3.05, 3.63) is 59.9 Å². The Bertz CT molecular complexity index is 795. The van der Waals surface area contributed by atoms with Crippen molar-refractivity contribution in [1.82, 2.24) is 10.2 Å². The molecule has 1 N–H and O–H groups in total. The molecule has 2 aromatic rings. The first kappa shape index (κ1) is 17.7. The van der Waals surface area contributed by atoms with E-state index in [2.05, 4.69) is 36.3 Å². The number of nitrogens with one attached hydrogen (secondary N) is 1. The second-order valence-corrected chi connectivity index (χ2v) is 8.11. The molecule has 0 saturated carbocycles.